The van der Waals surface area contributed by atoms with Crippen LogP contribution in [0.4, 0.5) is 0 Å². The first-order valence-electron chi connectivity index (χ1n) is 5.04. The molecule has 0 saturated heterocycles. The molecular weight excluding hydrogens is 182 g/mol. The van der Waals surface area contributed by atoms with Gasteiger partial charge < -0.3 is 0 Å². The normalized spacial score (nSPS) is 22.2. The number of alkyl halides is 1. The largest absolute Gasteiger partial charge is 0.193 e. The van der Waals surface area contributed by atoms with Crippen LogP contribution < -0.4 is 0 Å². The summed E-state index contributed by atoms with van der Waals surface area (Å²) in [6.45, 7) is 0. The maximum Gasteiger partial charge on any atom is 0.0946 e. The Labute approximate surface area is 85.4 Å². The molecule has 0 amide bonds. The average molecular weight is 198 g/mol. The highest BCUT2D eigenvalue weighted by molar-refractivity contribution is 6.17. The van der Waals surface area contributed by atoms with Crippen molar-refractivity contribution in [2.75, 3.05) is 5.88 Å². The van der Waals surface area contributed by atoms with Crippen LogP contribution in [0.3, 0.4) is 0 Å². The van der Waals surface area contributed by atoms with Crippen LogP contribution in [-0.2, 0) is 0 Å². The Morgan fingerprint density at radius 1 is 1.54 bits per heavy atom. The summed E-state index contributed by atoms with van der Waals surface area (Å²) in [5.74, 6) is 1.28. The second kappa shape index (κ2) is 6.05. The molecule has 0 unspecified atom stereocenters. The third-order valence-corrected chi connectivity index (χ3v) is 2.89. The Morgan fingerprint density at radius 2 is 2.38 bits per heavy atom. The number of allylic oxidation sites excluding steroid dienone is 2. The van der Waals surface area contributed by atoms with E-state index in [9.17, 15) is 0 Å². The Kier molecular flexibility index (Phi) is 4.93. The van der Waals surface area contributed by atoms with Crippen molar-refractivity contribution in [1.82, 2.24) is 0 Å². The summed E-state index contributed by atoms with van der Waals surface area (Å²) in [6.07, 6.45) is 9.03. The van der Waals surface area contributed by atoms with Gasteiger partial charge in [-0.1, -0.05) is 12.5 Å². The van der Waals surface area contributed by atoms with Gasteiger partial charge in [-0.2, -0.15) is 5.26 Å². The van der Waals surface area contributed by atoms with Gasteiger partial charge in [-0.05, 0) is 38.0 Å². The molecule has 1 nitrogen and oxygen atoms in total. The number of hydrogen-bond acceptors (Lipinski definition) is 1. The molecule has 1 rings (SSSR count). The molecule has 1 aliphatic rings. The standard InChI is InChI=1S/C11H16ClN/c12-8-4-3-6-10-5-1-2-7-11(10)9-13/h7,10H,1-6,8H2/t10-/m0/s1. The van der Waals surface area contributed by atoms with E-state index in [0.29, 0.717) is 5.92 Å². The fourth-order valence-electron chi connectivity index (χ4n) is 1.87. The highest BCUT2D eigenvalue weighted by Gasteiger charge is 2.16. The van der Waals surface area contributed by atoms with Crippen molar-refractivity contribution in [1.29, 1.82) is 5.26 Å². The predicted octanol–water partition coefficient (Wildman–Crippen LogP) is 3.65. The molecule has 0 spiro atoms. The minimum atomic E-state index is 0.530. The summed E-state index contributed by atoms with van der Waals surface area (Å²) in [7, 11) is 0. The Hall–Kier alpha value is -0.480. The molecule has 0 radical (unpaired) electrons. The van der Waals surface area contributed by atoms with Crippen molar-refractivity contribution < 1.29 is 0 Å². The third-order valence-electron chi connectivity index (χ3n) is 2.63. The van der Waals surface area contributed by atoms with Crippen LogP contribution in [0.5, 0.6) is 0 Å². The van der Waals surface area contributed by atoms with Crippen molar-refractivity contribution in [2.45, 2.75) is 38.5 Å². The second-order valence-electron chi connectivity index (χ2n) is 3.58. The quantitative estimate of drug-likeness (QED) is 0.499. The van der Waals surface area contributed by atoms with Gasteiger partial charge in [0.15, 0.2) is 0 Å². The summed E-state index contributed by atoms with van der Waals surface area (Å²) in [4.78, 5) is 0. The average Bonchev–Trinajstić information content (AvgIpc) is 2.19. The molecule has 72 valence electrons. The van der Waals surface area contributed by atoms with Crippen molar-refractivity contribution in [3.05, 3.63) is 11.6 Å². The maximum atomic E-state index is 8.87. The molecule has 0 fully saturated rings. The molecule has 0 aliphatic heterocycles. The minimum Gasteiger partial charge on any atom is -0.193 e. The molecular formula is C11H16ClN. The van der Waals surface area contributed by atoms with Gasteiger partial charge in [-0.3, -0.25) is 0 Å². The SMILES string of the molecule is N#CC1=CCCC[C@H]1CCCCCl. The molecule has 0 bridgehead atoms. The monoisotopic (exact) mass is 197 g/mol. The van der Waals surface area contributed by atoms with Gasteiger partial charge in [0.05, 0.1) is 6.07 Å². The lowest BCUT2D eigenvalue weighted by molar-refractivity contribution is 0.471. The summed E-state index contributed by atoms with van der Waals surface area (Å²) in [5.41, 5.74) is 1.01. The first-order chi connectivity index (χ1) is 6.38. The van der Waals surface area contributed by atoms with Crippen LogP contribution in [0.25, 0.3) is 0 Å². The third kappa shape index (κ3) is 3.40. The predicted molar refractivity (Wildman–Crippen MR) is 55.6 cm³/mol. The van der Waals surface area contributed by atoms with Crippen molar-refractivity contribution >= 4 is 11.6 Å². The molecule has 0 aromatic carbocycles. The van der Waals surface area contributed by atoms with Crippen molar-refractivity contribution in [2.24, 2.45) is 5.92 Å². The first kappa shape index (κ1) is 10.6. The van der Waals surface area contributed by atoms with Gasteiger partial charge in [0, 0.05) is 11.5 Å². The van der Waals surface area contributed by atoms with Crippen molar-refractivity contribution in [3.8, 4) is 6.07 Å². The summed E-state index contributed by atoms with van der Waals surface area (Å²) >= 11 is 5.61. The van der Waals surface area contributed by atoms with E-state index in [1.165, 1.54) is 12.8 Å². The van der Waals surface area contributed by atoms with E-state index in [2.05, 4.69) is 12.1 Å². The van der Waals surface area contributed by atoms with Crippen LogP contribution >= 0.6 is 11.6 Å². The Bertz CT molecular complexity index is 215. The van der Waals surface area contributed by atoms with Gasteiger partial charge in [0.2, 0.25) is 0 Å². The summed E-state index contributed by atoms with van der Waals surface area (Å²) < 4.78 is 0. The topological polar surface area (TPSA) is 23.8 Å². The first-order valence-corrected chi connectivity index (χ1v) is 5.58. The lowest BCUT2D eigenvalue weighted by Gasteiger charge is -2.19. The fourth-order valence-corrected chi connectivity index (χ4v) is 2.05. The minimum absolute atomic E-state index is 0.530. The van der Waals surface area contributed by atoms with E-state index in [0.717, 1.165) is 37.1 Å². The van der Waals surface area contributed by atoms with Crippen LogP contribution in [0.15, 0.2) is 11.6 Å². The lowest BCUT2D eigenvalue weighted by atomic mass is 9.85. The molecule has 2 heteroatoms. The number of hydrogen-bond donors (Lipinski definition) is 0. The highest BCUT2D eigenvalue weighted by atomic mass is 35.5. The van der Waals surface area contributed by atoms with E-state index in [1.54, 1.807) is 0 Å². The molecule has 0 heterocycles. The number of halogens is 1. The van der Waals surface area contributed by atoms with Gasteiger partial charge in [0.25, 0.3) is 0 Å². The van der Waals surface area contributed by atoms with Crippen LogP contribution in [-0.4, -0.2) is 5.88 Å². The zero-order valence-corrected chi connectivity index (χ0v) is 8.69. The van der Waals surface area contributed by atoms with Gasteiger partial charge in [-0.25, -0.2) is 0 Å². The van der Waals surface area contributed by atoms with Gasteiger partial charge in [-0.15, -0.1) is 11.6 Å². The zero-order valence-electron chi connectivity index (χ0n) is 7.93. The fraction of sp³-hybridized carbons (Fsp3) is 0.727. The van der Waals surface area contributed by atoms with E-state index < -0.39 is 0 Å². The summed E-state index contributed by atoms with van der Waals surface area (Å²) in [5, 5.41) is 8.87. The Morgan fingerprint density at radius 3 is 3.08 bits per heavy atom. The van der Waals surface area contributed by atoms with Crippen LogP contribution in [0, 0.1) is 17.2 Å². The smallest absolute Gasteiger partial charge is 0.0946 e. The molecule has 0 aromatic heterocycles. The van der Waals surface area contributed by atoms with Gasteiger partial charge >= 0.3 is 0 Å². The maximum absolute atomic E-state index is 8.87. The summed E-state index contributed by atoms with van der Waals surface area (Å²) in [6, 6.07) is 2.31. The van der Waals surface area contributed by atoms with E-state index >= 15 is 0 Å². The molecule has 1 atom stereocenters. The van der Waals surface area contributed by atoms with Gasteiger partial charge in [0.1, 0.15) is 0 Å². The van der Waals surface area contributed by atoms with E-state index in [1.807, 2.05) is 0 Å². The van der Waals surface area contributed by atoms with E-state index in [4.69, 9.17) is 16.9 Å². The van der Waals surface area contributed by atoms with Crippen LogP contribution in [0.2, 0.25) is 0 Å². The zero-order chi connectivity index (χ0) is 9.52. The molecule has 0 saturated carbocycles. The molecule has 0 N–H and O–H groups in total. The number of nitrogens with zero attached hydrogens (tertiary/aromatic N) is 1. The lowest BCUT2D eigenvalue weighted by Crippen LogP contribution is -2.07. The highest BCUT2D eigenvalue weighted by Crippen LogP contribution is 2.28. The number of rotatable bonds is 4. The molecule has 13 heavy (non-hydrogen) atoms. The van der Waals surface area contributed by atoms with E-state index in [-0.39, 0.29) is 0 Å². The van der Waals surface area contributed by atoms with Crippen molar-refractivity contribution in [3.63, 3.8) is 0 Å². The Balaban J connectivity index is 2.35. The number of unbranched alkanes of at least 4 members (excludes halogenated alkanes) is 1. The number of nitriles is 1. The van der Waals surface area contributed by atoms with Crippen LogP contribution in [0.1, 0.15) is 38.5 Å². The molecule has 1 aliphatic carbocycles. The second-order valence-corrected chi connectivity index (χ2v) is 3.96. The molecule has 0 aromatic rings.